The highest BCUT2D eigenvalue weighted by Crippen LogP contribution is 2.33. The first-order valence-electron chi connectivity index (χ1n) is 9.26. The lowest BCUT2D eigenvalue weighted by Gasteiger charge is -2.04. The van der Waals surface area contributed by atoms with E-state index < -0.39 is 0 Å². The summed E-state index contributed by atoms with van der Waals surface area (Å²) in [6.45, 7) is 2.67. The third kappa shape index (κ3) is 12.7. The average Bonchev–Trinajstić information content (AvgIpc) is 3.33. The molecule has 0 amide bonds. The number of carbonyl (C=O) groups excluding carboxylic acids is 1. The van der Waals surface area contributed by atoms with Crippen LogP contribution in [0, 0.1) is 5.92 Å². The van der Waals surface area contributed by atoms with Crippen LogP contribution in [0.3, 0.4) is 0 Å². The van der Waals surface area contributed by atoms with Crippen LogP contribution in [0.15, 0.2) is 24.3 Å². The van der Waals surface area contributed by atoms with Crippen LogP contribution in [-0.4, -0.2) is 12.6 Å². The van der Waals surface area contributed by atoms with Crippen LogP contribution in [0.1, 0.15) is 84.0 Å². The van der Waals surface area contributed by atoms with E-state index in [4.69, 9.17) is 4.74 Å². The van der Waals surface area contributed by atoms with Crippen molar-refractivity contribution in [1.29, 1.82) is 0 Å². The smallest absolute Gasteiger partial charge is 0.305 e. The number of hydrogen-bond acceptors (Lipinski definition) is 2. The molecule has 0 heterocycles. The van der Waals surface area contributed by atoms with Gasteiger partial charge in [0.15, 0.2) is 0 Å². The SMILES string of the molecule is C/C=C/C=C/CCCCCCCCC(=O)OCCCC1CC1. The molecule has 126 valence electrons. The van der Waals surface area contributed by atoms with Gasteiger partial charge in [0.2, 0.25) is 0 Å². The third-order valence-corrected chi connectivity index (χ3v) is 4.16. The zero-order chi connectivity index (χ0) is 15.9. The van der Waals surface area contributed by atoms with Crippen molar-refractivity contribution in [3.05, 3.63) is 24.3 Å². The number of unbranched alkanes of at least 4 members (excludes halogenated alkanes) is 6. The van der Waals surface area contributed by atoms with Gasteiger partial charge in [0.05, 0.1) is 6.61 Å². The zero-order valence-electron chi connectivity index (χ0n) is 14.4. The maximum Gasteiger partial charge on any atom is 0.305 e. The summed E-state index contributed by atoms with van der Waals surface area (Å²) in [5, 5.41) is 0. The van der Waals surface area contributed by atoms with Crippen molar-refractivity contribution in [1.82, 2.24) is 0 Å². The molecule has 0 N–H and O–H groups in total. The summed E-state index contributed by atoms with van der Waals surface area (Å²) in [5.41, 5.74) is 0. The van der Waals surface area contributed by atoms with E-state index in [1.165, 1.54) is 51.4 Å². The van der Waals surface area contributed by atoms with Crippen molar-refractivity contribution in [2.75, 3.05) is 6.61 Å². The summed E-state index contributed by atoms with van der Waals surface area (Å²) in [6, 6.07) is 0. The normalized spacial score (nSPS) is 15.0. The van der Waals surface area contributed by atoms with E-state index in [0.717, 1.165) is 25.2 Å². The van der Waals surface area contributed by atoms with E-state index in [0.29, 0.717) is 13.0 Å². The van der Waals surface area contributed by atoms with Crippen LogP contribution >= 0.6 is 0 Å². The van der Waals surface area contributed by atoms with E-state index >= 15 is 0 Å². The van der Waals surface area contributed by atoms with Crippen LogP contribution < -0.4 is 0 Å². The van der Waals surface area contributed by atoms with Gasteiger partial charge in [0.1, 0.15) is 0 Å². The molecule has 0 spiro atoms. The molecule has 0 aromatic carbocycles. The quantitative estimate of drug-likeness (QED) is 0.224. The molecule has 0 unspecified atom stereocenters. The summed E-state index contributed by atoms with van der Waals surface area (Å²) in [7, 11) is 0. The first-order chi connectivity index (χ1) is 10.8. The van der Waals surface area contributed by atoms with Gasteiger partial charge in [0, 0.05) is 6.42 Å². The summed E-state index contributed by atoms with van der Waals surface area (Å²) in [5.74, 6) is 0.946. The van der Waals surface area contributed by atoms with Crippen molar-refractivity contribution in [3.8, 4) is 0 Å². The summed E-state index contributed by atoms with van der Waals surface area (Å²) >= 11 is 0. The molecule has 0 aromatic heterocycles. The highest BCUT2D eigenvalue weighted by atomic mass is 16.5. The van der Waals surface area contributed by atoms with Crippen LogP contribution in [0.25, 0.3) is 0 Å². The standard InChI is InChI=1S/C20H34O2/c1-2-3-4-5-6-7-8-9-10-11-12-15-20(21)22-18-13-14-19-16-17-19/h2-5,19H,6-18H2,1H3/b3-2+,5-4+. The highest BCUT2D eigenvalue weighted by Gasteiger charge is 2.20. The van der Waals surface area contributed by atoms with Gasteiger partial charge >= 0.3 is 5.97 Å². The Morgan fingerprint density at radius 1 is 1.00 bits per heavy atom. The molecule has 1 aliphatic rings. The molecule has 22 heavy (non-hydrogen) atoms. The minimum absolute atomic E-state index is 0.00455. The Balaban J connectivity index is 1.75. The number of allylic oxidation sites excluding steroid dienone is 4. The molecule has 1 aliphatic carbocycles. The maximum atomic E-state index is 11.5. The molecule has 1 saturated carbocycles. The fourth-order valence-electron chi connectivity index (χ4n) is 2.56. The van der Waals surface area contributed by atoms with E-state index in [1.54, 1.807) is 0 Å². The zero-order valence-corrected chi connectivity index (χ0v) is 14.4. The van der Waals surface area contributed by atoms with Gasteiger partial charge in [0.25, 0.3) is 0 Å². The van der Waals surface area contributed by atoms with E-state index in [9.17, 15) is 4.79 Å². The molecular weight excluding hydrogens is 272 g/mol. The number of esters is 1. The Kier molecular flexibility index (Phi) is 11.7. The average molecular weight is 306 g/mol. The molecule has 0 saturated heterocycles. The van der Waals surface area contributed by atoms with Crippen LogP contribution in [0.2, 0.25) is 0 Å². The number of rotatable bonds is 14. The lowest BCUT2D eigenvalue weighted by Crippen LogP contribution is -2.05. The van der Waals surface area contributed by atoms with Gasteiger partial charge < -0.3 is 4.74 Å². The van der Waals surface area contributed by atoms with Gasteiger partial charge in [-0.3, -0.25) is 4.79 Å². The Bertz CT molecular complexity index is 327. The van der Waals surface area contributed by atoms with Gasteiger partial charge in [-0.15, -0.1) is 0 Å². The molecule has 0 aromatic rings. The second-order valence-corrected chi connectivity index (χ2v) is 6.42. The van der Waals surface area contributed by atoms with Crippen molar-refractivity contribution >= 4 is 5.97 Å². The fraction of sp³-hybridized carbons (Fsp3) is 0.750. The van der Waals surface area contributed by atoms with E-state index in [1.807, 2.05) is 6.92 Å². The van der Waals surface area contributed by atoms with E-state index in [-0.39, 0.29) is 5.97 Å². The van der Waals surface area contributed by atoms with Crippen LogP contribution in [0.4, 0.5) is 0 Å². The lowest BCUT2D eigenvalue weighted by atomic mass is 10.1. The molecule has 0 aliphatic heterocycles. The number of hydrogen-bond donors (Lipinski definition) is 0. The molecule has 1 rings (SSSR count). The molecule has 2 nitrogen and oxygen atoms in total. The van der Waals surface area contributed by atoms with Crippen molar-refractivity contribution < 1.29 is 9.53 Å². The Hall–Kier alpha value is -1.05. The minimum atomic E-state index is 0.00455. The third-order valence-electron chi connectivity index (χ3n) is 4.16. The predicted molar refractivity (Wildman–Crippen MR) is 93.8 cm³/mol. The van der Waals surface area contributed by atoms with E-state index in [2.05, 4.69) is 24.3 Å². The van der Waals surface area contributed by atoms with Crippen molar-refractivity contribution in [2.24, 2.45) is 5.92 Å². The summed E-state index contributed by atoms with van der Waals surface area (Å²) < 4.78 is 5.26. The highest BCUT2D eigenvalue weighted by molar-refractivity contribution is 5.69. The predicted octanol–water partition coefficient (Wildman–Crippen LogP) is 5.97. The second kappa shape index (κ2) is 13.6. The molecule has 0 radical (unpaired) electrons. The summed E-state index contributed by atoms with van der Waals surface area (Å²) in [4.78, 5) is 11.5. The molecular formula is C20H34O2. The Labute approximate surface area is 137 Å². The molecule has 0 atom stereocenters. The van der Waals surface area contributed by atoms with Crippen molar-refractivity contribution in [2.45, 2.75) is 84.0 Å². The van der Waals surface area contributed by atoms with Crippen molar-refractivity contribution in [3.63, 3.8) is 0 Å². The largest absolute Gasteiger partial charge is 0.466 e. The van der Waals surface area contributed by atoms with Crippen LogP contribution in [0.5, 0.6) is 0 Å². The first-order valence-corrected chi connectivity index (χ1v) is 9.26. The van der Waals surface area contributed by atoms with Gasteiger partial charge in [-0.25, -0.2) is 0 Å². The fourth-order valence-corrected chi connectivity index (χ4v) is 2.56. The van der Waals surface area contributed by atoms with Gasteiger partial charge in [-0.1, -0.05) is 62.8 Å². The second-order valence-electron chi connectivity index (χ2n) is 6.42. The number of carbonyl (C=O) groups is 1. The topological polar surface area (TPSA) is 26.3 Å². The number of ether oxygens (including phenoxy) is 1. The van der Waals surface area contributed by atoms with Gasteiger partial charge in [-0.05, 0) is 44.9 Å². The Morgan fingerprint density at radius 3 is 2.45 bits per heavy atom. The molecule has 1 fully saturated rings. The van der Waals surface area contributed by atoms with Crippen LogP contribution in [-0.2, 0) is 9.53 Å². The monoisotopic (exact) mass is 306 g/mol. The lowest BCUT2D eigenvalue weighted by molar-refractivity contribution is -0.143. The minimum Gasteiger partial charge on any atom is -0.466 e. The Morgan fingerprint density at radius 2 is 1.73 bits per heavy atom. The maximum absolute atomic E-state index is 11.5. The first kappa shape index (κ1) is 19.0. The molecule has 2 heteroatoms. The van der Waals surface area contributed by atoms with Gasteiger partial charge in [-0.2, -0.15) is 0 Å². The summed E-state index contributed by atoms with van der Waals surface area (Å²) in [6.07, 6.45) is 22.6. The molecule has 0 bridgehead atoms.